The molecular formula is C15H13BrN2O3S. The van der Waals surface area contributed by atoms with Gasteiger partial charge < -0.3 is 5.32 Å². The number of non-ortho nitro benzene ring substituents is 1. The number of halogens is 1. The van der Waals surface area contributed by atoms with Gasteiger partial charge in [-0.15, -0.1) is 11.8 Å². The number of nitrogens with one attached hydrogen (secondary N) is 1. The Morgan fingerprint density at radius 1 is 1.23 bits per heavy atom. The molecule has 0 aliphatic rings. The van der Waals surface area contributed by atoms with Crippen molar-refractivity contribution in [1.82, 2.24) is 0 Å². The number of amides is 1. The molecule has 1 amide bonds. The number of carbonyl (C=O) groups excluding carboxylic acids is 1. The third-order valence-electron chi connectivity index (χ3n) is 2.78. The summed E-state index contributed by atoms with van der Waals surface area (Å²) in [5, 5.41) is 13.4. The molecule has 0 saturated carbocycles. The molecule has 0 aliphatic carbocycles. The average molecular weight is 381 g/mol. The maximum atomic E-state index is 11.9. The summed E-state index contributed by atoms with van der Waals surface area (Å²) in [7, 11) is 0. The summed E-state index contributed by atoms with van der Waals surface area (Å²) in [6.07, 6.45) is 0. The molecule has 0 aromatic heterocycles. The number of anilines is 1. The predicted molar refractivity (Wildman–Crippen MR) is 92.0 cm³/mol. The van der Waals surface area contributed by atoms with Gasteiger partial charge >= 0.3 is 0 Å². The molecule has 0 heterocycles. The van der Waals surface area contributed by atoms with E-state index in [2.05, 4.69) is 21.2 Å². The predicted octanol–water partition coefficient (Wildman–Crippen LogP) is 4.23. The van der Waals surface area contributed by atoms with E-state index >= 15 is 0 Å². The van der Waals surface area contributed by atoms with Gasteiger partial charge in [-0.1, -0.05) is 30.3 Å². The van der Waals surface area contributed by atoms with Gasteiger partial charge in [0.05, 0.1) is 16.4 Å². The van der Waals surface area contributed by atoms with Crippen molar-refractivity contribution in [2.75, 3.05) is 11.1 Å². The fraction of sp³-hybridized carbons (Fsp3) is 0.133. The lowest BCUT2D eigenvalue weighted by Crippen LogP contribution is -2.14. The van der Waals surface area contributed by atoms with Gasteiger partial charge in [-0.05, 0) is 27.6 Å². The fourth-order valence-corrected chi connectivity index (χ4v) is 2.99. The first-order valence-electron chi connectivity index (χ1n) is 6.42. The lowest BCUT2D eigenvalue weighted by Gasteiger charge is -2.07. The zero-order valence-electron chi connectivity index (χ0n) is 11.5. The molecule has 0 spiro atoms. The van der Waals surface area contributed by atoms with Crippen LogP contribution in [0.5, 0.6) is 0 Å². The van der Waals surface area contributed by atoms with Crippen molar-refractivity contribution in [1.29, 1.82) is 0 Å². The quantitative estimate of drug-likeness (QED) is 0.601. The van der Waals surface area contributed by atoms with Gasteiger partial charge in [-0.25, -0.2) is 0 Å². The van der Waals surface area contributed by atoms with Crippen molar-refractivity contribution in [3.63, 3.8) is 0 Å². The van der Waals surface area contributed by atoms with E-state index in [0.29, 0.717) is 15.9 Å². The second-order valence-electron chi connectivity index (χ2n) is 4.45. The number of thioether (sulfide) groups is 1. The Kier molecular flexibility index (Phi) is 5.97. The third kappa shape index (κ3) is 4.85. The van der Waals surface area contributed by atoms with Crippen LogP contribution in [0.2, 0.25) is 0 Å². The number of rotatable bonds is 6. The summed E-state index contributed by atoms with van der Waals surface area (Å²) < 4.78 is 0.489. The first-order valence-corrected chi connectivity index (χ1v) is 8.36. The molecule has 7 heteroatoms. The van der Waals surface area contributed by atoms with E-state index in [1.54, 1.807) is 0 Å². The fourth-order valence-electron chi connectivity index (χ4n) is 1.74. The number of nitrogens with zero attached hydrogens (tertiary/aromatic N) is 1. The van der Waals surface area contributed by atoms with Crippen LogP contribution in [0.1, 0.15) is 5.56 Å². The summed E-state index contributed by atoms with van der Waals surface area (Å²) >= 11 is 4.73. The minimum absolute atomic E-state index is 0.0247. The number of nitro benzene ring substituents is 1. The van der Waals surface area contributed by atoms with Crippen LogP contribution in [0.25, 0.3) is 0 Å². The molecule has 2 rings (SSSR count). The number of benzene rings is 2. The van der Waals surface area contributed by atoms with Crippen LogP contribution in [-0.4, -0.2) is 16.6 Å². The highest BCUT2D eigenvalue weighted by molar-refractivity contribution is 9.10. The minimum Gasteiger partial charge on any atom is -0.324 e. The van der Waals surface area contributed by atoms with Crippen molar-refractivity contribution >= 4 is 45.0 Å². The number of carbonyl (C=O) groups is 1. The Labute approximate surface area is 140 Å². The first kappa shape index (κ1) is 16.5. The van der Waals surface area contributed by atoms with Crippen LogP contribution in [0, 0.1) is 10.1 Å². The lowest BCUT2D eigenvalue weighted by molar-refractivity contribution is -0.384. The van der Waals surface area contributed by atoms with E-state index in [4.69, 9.17) is 0 Å². The van der Waals surface area contributed by atoms with Gasteiger partial charge in [0.25, 0.3) is 5.69 Å². The van der Waals surface area contributed by atoms with E-state index in [1.807, 2.05) is 30.3 Å². The molecule has 114 valence electrons. The summed E-state index contributed by atoms with van der Waals surface area (Å²) in [5.41, 5.74) is 1.66. The topological polar surface area (TPSA) is 72.2 Å². The maximum absolute atomic E-state index is 11.9. The third-order valence-corrected chi connectivity index (χ3v) is 4.44. The average Bonchev–Trinajstić information content (AvgIpc) is 2.50. The highest BCUT2D eigenvalue weighted by Gasteiger charge is 2.11. The molecule has 0 atom stereocenters. The van der Waals surface area contributed by atoms with Crippen LogP contribution in [0.15, 0.2) is 53.0 Å². The van der Waals surface area contributed by atoms with E-state index in [-0.39, 0.29) is 11.6 Å². The van der Waals surface area contributed by atoms with Gasteiger partial charge in [0.2, 0.25) is 5.91 Å². The normalized spacial score (nSPS) is 10.2. The van der Waals surface area contributed by atoms with E-state index in [0.717, 1.165) is 11.3 Å². The molecule has 2 aromatic rings. The molecule has 22 heavy (non-hydrogen) atoms. The summed E-state index contributed by atoms with van der Waals surface area (Å²) in [4.78, 5) is 22.1. The van der Waals surface area contributed by atoms with Crippen LogP contribution < -0.4 is 5.32 Å². The SMILES string of the molecule is O=C(CSCc1ccccc1)Nc1ccc([N+](=O)[O-])cc1Br. The zero-order chi connectivity index (χ0) is 15.9. The molecular weight excluding hydrogens is 368 g/mol. The Balaban J connectivity index is 1.85. The van der Waals surface area contributed by atoms with Crippen molar-refractivity contribution < 1.29 is 9.72 Å². The van der Waals surface area contributed by atoms with Crippen molar-refractivity contribution in [2.45, 2.75) is 5.75 Å². The summed E-state index contributed by atoms with van der Waals surface area (Å²) in [6.45, 7) is 0. The monoisotopic (exact) mass is 380 g/mol. The number of hydrogen-bond donors (Lipinski definition) is 1. The minimum atomic E-state index is -0.480. The van der Waals surface area contributed by atoms with Gasteiger partial charge in [0.15, 0.2) is 0 Å². The zero-order valence-corrected chi connectivity index (χ0v) is 13.9. The van der Waals surface area contributed by atoms with Crippen LogP contribution in [-0.2, 0) is 10.5 Å². The molecule has 0 saturated heterocycles. The molecule has 0 fully saturated rings. The van der Waals surface area contributed by atoms with Crippen molar-refractivity contribution in [3.8, 4) is 0 Å². The smallest absolute Gasteiger partial charge is 0.270 e. The van der Waals surface area contributed by atoms with E-state index in [9.17, 15) is 14.9 Å². The molecule has 0 unspecified atom stereocenters. The molecule has 0 bridgehead atoms. The van der Waals surface area contributed by atoms with E-state index < -0.39 is 4.92 Å². The van der Waals surface area contributed by atoms with Crippen LogP contribution in [0.3, 0.4) is 0 Å². The molecule has 0 aliphatic heterocycles. The van der Waals surface area contributed by atoms with Crippen LogP contribution in [0.4, 0.5) is 11.4 Å². The maximum Gasteiger partial charge on any atom is 0.270 e. The molecule has 2 aromatic carbocycles. The Bertz CT molecular complexity index is 680. The molecule has 0 radical (unpaired) electrons. The van der Waals surface area contributed by atoms with Gasteiger partial charge in [-0.3, -0.25) is 14.9 Å². The van der Waals surface area contributed by atoms with Crippen molar-refractivity contribution in [3.05, 3.63) is 68.7 Å². The van der Waals surface area contributed by atoms with E-state index in [1.165, 1.54) is 30.0 Å². The highest BCUT2D eigenvalue weighted by Crippen LogP contribution is 2.27. The Hall–Kier alpha value is -1.86. The number of hydrogen-bond acceptors (Lipinski definition) is 4. The standard InChI is InChI=1S/C15H13BrN2O3S/c16-13-8-12(18(20)21)6-7-14(13)17-15(19)10-22-9-11-4-2-1-3-5-11/h1-8H,9-10H2,(H,17,19). The second kappa shape index (κ2) is 7.95. The lowest BCUT2D eigenvalue weighted by atomic mass is 10.2. The largest absolute Gasteiger partial charge is 0.324 e. The van der Waals surface area contributed by atoms with Crippen LogP contribution >= 0.6 is 27.7 Å². The van der Waals surface area contributed by atoms with Gasteiger partial charge in [0, 0.05) is 22.4 Å². The Morgan fingerprint density at radius 3 is 2.59 bits per heavy atom. The Morgan fingerprint density at radius 2 is 1.95 bits per heavy atom. The van der Waals surface area contributed by atoms with Gasteiger partial charge in [-0.2, -0.15) is 0 Å². The van der Waals surface area contributed by atoms with Gasteiger partial charge in [0.1, 0.15) is 0 Å². The highest BCUT2D eigenvalue weighted by atomic mass is 79.9. The number of nitro groups is 1. The first-order chi connectivity index (χ1) is 10.6. The molecule has 1 N–H and O–H groups in total. The second-order valence-corrected chi connectivity index (χ2v) is 6.29. The molecule has 5 nitrogen and oxygen atoms in total. The van der Waals surface area contributed by atoms with Crippen molar-refractivity contribution in [2.24, 2.45) is 0 Å². The summed E-state index contributed by atoms with van der Waals surface area (Å²) in [6, 6.07) is 14.1. The summed E-state index contributed by atoms with van der Waals surface area (Å²) in [5.74, 6) is 0.934.